The van der Waals surface area contributed by atoms with Gasteiger partial charge in [0.15, 0.2) is 5.13 Å². The summed E-state index contributed by atoms with van der Waals surface area (Å²) in [6.45, 7) is 3.51. The van der Waals surface area contributed by atoms with Crippen molar-refractivity contribution < 1.29 is 14.1 Å². The largest absolute Gasteiger partial charge is 0.340 e. The number of aromatic nitrogens is 1. The molecule has 0 radical (unpaired) electrons. The Morgan fingerprint density at radius 2 is 2.00 bits per heavy atom. The maximum absolute atomic E-state index is 13.6. The number of quaternary nitrogens is 1. The summed E-state index contributed by atoms with van der Waals surface area (Å²) >= 11 is 1.50. The highest BCUT2D eigenvalue weighted by molar-refractivity contribution is 7.22. The monoisotopic (exact) mass is 372 g/mol. The molecule has 1 heterocycles. The van der Waals surface area contributed by atoms with Gasteiger partial charge in [-0.3, -0.25) is 9.69 Å². The standard InChI is InChI=1S/C20H22FN3OS/c1-14-7-4-10-17-18(14)22-20(26-17)24(12-6-11-23(2)3)19(25)15-8-5-9-16(21)13-15/h4-5,7-10,13H,6,11-12H2,1-3H3/p+1. The Bertz CT molecular complexity index is 922. The molecule has 0 saturated carbocycles. The Labute approximate surface area is 156 Å². The van der Waals surface area contributed by atoms with Gasteiger partial charge < -0.3 is 4.90 Å². The number of hydrogen-bond acceptors (Lipinski definition) is 3. The minimum atomic E-state index is -0.409. The number of benzene rings is 2. The van der Waals surface area contributed by atoms with Crippen LogP contribution in [0.5, 0.6) is 0 Å². The molecule has 1 N–H and O–H groups in total. The van der Waals surface area contributed by atoms with Crippen LogP contribution in [0.25, 0.3) is 10.2 Å². The van der Waals surface area contributed by atoms with Crippen molar-refractivity contribution in [2.24, 2.45) is 0 Å². The number of carbonyl (C=O) groups is 1. The van der Waals surface area contributed by atoms with Gasteiger partial charge in [0.1, 0.15) is 5.82 Å². The first-order valence-corrected chi connectivity index (χ1v) is 9.50. The third-order valence-electron chi connectivity index (χ3n) is 4.22. The molecular weight excluding hydrogens is 349 g/mol. The number of para-hydroxylation sites is 1. The van der Waals surface area contributed by atoms with Crippen molar-refractivity contribution in [2.75, 3.05) is 32.1 Å². The molecule has 1 aromatic heterocycles. The number of carbonyl (C=O) groups excluding carboxylic acids is 1. The van der Waals surface area contributed by atoms with Crippen LogP contribution in [-0.2, 0) is 0 Å². The molecule has 26 heavy (non-hydrogen) atoms. The van der Waals surface area contributed by atoms with E-state index in [-0.39, 0.29) is 5.91 Å². The van der Waals surface area contributed by atoms with Gasteiger partial charge in [-0.05, 0) is 36.8 Å². The molecule has 1 amide bonds. The van der Waals surface area contributed by atoms with Gasteiger partial charge in [-0.15, -0.1) is 0 Å². The van der Waals surface area contributed by atoms with Gasteiger partial charge in [0.25, 0.3) is 5.91 Å². The zero-order valence-electron chi connectivity index (χ0n) is 15.3. The topological polar surface area (TPSA) is 37.6 Å². The third-order valence-corrected chi connectivity index (χ3v) is 5.26. The average Bonchev–Trinajstić information content (AvgIpc) is 3.03. The quantitative estimate of drug-likeness (QED) is 0.722. The van der Waals surface area contributed by atoms with Crippen molar-refractivity contribution in [1.82, 2.24) is 4.98 Å². The number of amides is 1. The number of anilines is 1. The van der Waals surface area contributed by atoms with E-state index in [2.05, 4.69) is 14.1 Å². The molecular formula is C20H23FN3OS+. The maximum atomic E-state index is 13.6. The van der Waals surface area contributed by atoms with E-state index >= 15 is 0 Å². The normalized spacial score (nSPS) is 11.3. The SMILES string of the molecule is Cc1cccc2sc(N(CCC[NH+](C)C)C(=O)c3cccc(F)c3)nc12. The second kappa shape index (κ2) is 7.93. The molecule has 6 heteroatoms. The van der Waals surface area contributed by atoms with Crippen molar-refractivity contribution in [3.63, 3.8) is 0 Å². The van der Waals surface area contributed by atoms with Gasteiger partial charge in [0.05, 0.1) is 30.9 Å². The lowest BCUT2D eigenvalue weighted by atomic mass is 10.2. The van der Waals surface area contributed by atoms with E-state index < -0.39 is 5.82 Å². The Morgan fingerprint density at radius 3 is 2.69 bits per heavy atom. The summed E-state index contributed by atoms with van der Waals surface area (Å²) in [7, 11) is 4.17. The summed E-state index contributed by atoms with van der Waals surface area (Å²) in [5.41, 5.74) is 2.35. The molecule has 0 fully saturated rings. The Morgan fingerprint density at radius 1 is 1.23 bits per heavy atom. The van der Waals surface area contributed by atoms with Crippen LogP contribution < -0.4 is 9.80 Å². The van der Waals surface area contributed by atoms with E-state index in [4.69, 9.17) is 4.98 Å². The zero-order valence-corrected chi connectivity index (χ0v) is 16.1. The molecule has 2 aromatic carbocycles. The summed E-state index contributed by atoms with van der Waals surface area (Å²) in [5, 5.41) is 0.664. The lowest BCUT2D eigenvalue weighted by Gasteiger charge is -2.20. The predicted octanol–water partition coefficient (Wildman–Crippen LogP) is 2.93. The average molecular weight is 372 g/mol. The van der Waals surface area contributed by atoms with E-state index in [9.17, 15) is 9.18 Å². The van der Waals surface area contributed by atoms with Crippen LogP contribution in [0, 0.1) is 12.7 Å². The molecule has 0 aliphatic carbocycles. The van der Waals surface area contributed by atoms with Crippen LogP contribution in [0.1, 0.15) is 22.3 Å². The summed E-state index contributed by atoms with van der Waals surface area (Å²) < 4.78 is 14.6. The first kappa shape index (κ1) is 18.5. The Balaban J connectivity index is 1.96. The van der Waals surface area contributed by atoms with Gasteiger partial charge in [0.2, 0.25) is 0 Å². The van der Waals surface area contributed by atoms with Crippen molar-refractivity contribution >= 4 is 32.6 Å². The fraction of sp³-hybridized carbons (Fsp3) is 0.300. The zero-order chi connectivity index (χ0) is 18.7. The molecule has 3 aromatic rings. The van der Waals surface area contributed by atoms with E-state index in [1.54, 1.807) is 17.0 Å². The highest BCUT2D eigenvalue weighted by Gasteiger charge is 2.22. The second-order valence-electron chi connectivity index (χ2n) is 6.70. The highest BCUT2D eigenvalue weighted by atomic mass is 32.1. The number of aryl methyl sites for hydroxylation is 1. The lowest BCUT2D eigenvalue weighted by Crippen LogP contribution is -3.05. The maximum Gasteiger partial charge on any atom is 0.260 e. The summed E-state index contributed by atoms with van der Waals surface area (Å²) in [4.78, 5) is 20.8. The number of nitrogens with one attached hydrogen (secondary N) is 1. The van der Waals surface area contributed by atoms with Crippen LogP contribution in [-0.4, -0.2) is 38.1 Å². The number of nitrogens with zero attached hydrogens (tertiary/aromatic N) is 2. The van der Waals surface area contributed by atoms with E-state index in [0.717, 1.165) is 28.7 Å². The van der Waals surface area contributed by atoms with Gasteiger partial charge in [-0.1, -0.05) is 29.5 Å². The van der Waals surface area contributed by atoms with E-state index in [1.807, 2.05) is 25.1 Å². The van der Waals surface area contributed by atoms with Gasteiger partial charge in [0, 0.05) is 18.5 Å². The second-order valence-corrected chi connectivity index (χ2v) is 7.70. The number of rotatable bonds is 6. The van der Waals surface area contributed by atoms with Crippen molar-refractivity contribution in [3.8, 4) is 0 Å². The smallest absolute Gasteiger partial charge is 0.260 e. The van der Waals surface area contributed by atoms with Gasteiger partial charge in [-0.25, -0.2) is 9.37 Å². The molecule has 0 unspecified atom stereocenters. The van der Waals surface area contributed by atoms with Gasteiger partial charge in [-0.2, -0.15) is 0 Å². The van der Waals surface area contributed by atoms with Crippen LogP contribution in [0.3, 0.4) is 0 Å². The summed E-state index contributed by atoms with van der Waals surface area (Å²) in [6, 6.07) is 11.9. The van der Waals surface area contributed by atoms with Crippen molar-refractivity contribution in [3.05, 3.63) is 59.4 Å². The summed E-state index contributed by atoms with van der Waals surface area (Å²) in [6.07, 6.45) is 0.846. The van der Waals surface area contributed by atoms with E-state index in [0.29, 0.717) is 17.2 Å². The predicted molar refractivity (Wildman–Crippen MR) is 105 cm³/mol. The first-order chi connectivity index (χ1) is 12.5. The highest BCUT2D eigenvalue weighted by Crippen LogP contribution is 2.31. The van der Waals surface area contributed by atoms with E-state index in [1.165, 1.54) is 28.4 Å². The minimum absolute atomic E-state index is 0.213. The number of thiazole rings is 1. The molecule has 0 bridgehead atoms. The fourth-order valence-electron chi connectivity index (χ4n) is 2.84. The molecule has 0 aliphatic heterocycles. The van der Waals surface area contributed by atoms with Gasteiger partial charge >= 0.3 is 0 Å². The Kier molecular flexibility index (Phi) is 5.64. The molecule has 3 rings (SSSR count). The molecule has 0 saturated heterocycles. The lowest BCUT2D eigenvalue weighted by molar-refractivity contribution is -0.858. The molecule has 4 nitrogen and oxygen atoms in total. The van der Waals surface area contributed by atoms with Crippen molar-refractivity contribution in [1.29, 1.82) is 0 Å². The molecule has 0 spiro atoms. The summed E-state index contributed by atoms with van der Waals surface area (Å²) in [5.74, 6) is -0.622. The Hall–Kier alpha value is -2.31. The minimum Gasteiger partial charge on any atom is -0.340 e. The number of fused-ring (bicyclic) bond motifs is 1. The first-order valence-electron chi connectivity index (χ1n) is 8.68. The fourth-order valence-corrected chi connectivity index (χ4v) is 3.91. The van der Waals surface area contributed by atoms with Crippen molar-refractivity contribution in [2.45, 2.75) is 13.3 Å². The number of halogens is 1. The van der Waals surface area contributed by atoms with Crippen LogP contribution >= 0.6 is 11.3 Å². The number of hydrogen-bond donors (Lipinski definition) is 1. The van der Waals surface area contributed by atoms with Crippen LogP contribution in [0.2, 0.25) is 0 Å². The van der Waals surface area contributed by atoms with Crippen LogP contribution in [0.15, 0.2) is 42.5 Å². The third kappa shape index (κ3) is 4.08. The molecule has 0 atom stereocenters. The van der Waals surface area contributed by atoms with Crippen LogP contribution in [0.4, 0.5) is 9.52 Å². The molecule has 136 valence electrons. The molecule has 0 aliphatic rings.